The summed E-state index contributed by atoms with van der Waals surface area (Å²) in [6.07, 6.45) is 0.835. The van der Waals surface area contributed by atoms with Crippen molar-refractivity contribution in [3.63, 3.8) is 0 Å². The number of benzene rings is 2. The van der Waals surface area contributed by atoms with E-state index in [1.807, 2.05) is 54.6 Å². The first-order valence-electron chi connectivity index (χ1n) is 7.95. The molecule has 0 radical (unpaired) electrons. The Morgan fingerprint density at radius 3 is 2.52 bits per heavy atom. The summed E-state index contributed by atoms with van der Waals surface area (Å²) in [5, 5.41) is 5.70. The second kappa shape index (κ2) is 8.07. The maximum Gasteiger partial charge on any atom is 0.310 e. The van der Waals surface area contributed by atoms with Gasteiger partial charge in [-0.3, -0.25) is 9.59 Å². The lowest BCUT2D eigenvalue weighted by atomic mass is 10.1. The Morgan fingerprint density at radius 1 is 1.08 bits per heavy atom. The number of amides is 1. The molecule has 1 aliphatic rings. The minimum atomic E-state index is -0.429. The Bertz CT molecular complexity index is 788. The highest BCUT2D eigenvalue weighted by Gasteiger charge is 2.22. The third-order valence-corrected chi connectivity index (χ3v) is 4.34. The van der Waals surface area contributed by atoms with Gasteiger partial charge in [-0.05, 0) is 23.3 Å². The molecule has 5 nitrogen and oxygen atoms in total. The van der Waals surface area contributed by atoms with Gasteiger partial charge in [0.15, 0.2) is 6.61 Å². The van der Waals surface area contributed by atoms with Gasteiger partial charge in [0.1, 0.15) is 0 Å². The van der Waals surface area contributed by atoms with Crippen LogP contribution in [0, 0.1) is 0 Å². The summed E-state index contributed by atoms with van der Waals surface area (Å²) in [5.41, 5.74) is 2.71. The highest BCUT2D eigenvalue weighted by molar-refractivity contribution is 9.10. The van der Waals surface area contributed by atoms with E-state index in [0.29, 0.717) is 13.0 Å². The summed E-state index contributed by atoms with van der Waals surface area (Å²) in [6.45, 7) is 0.217. The number of rotatable bonds is 5. The van der Waals surface area contributed by atoms with Crippen LogP contribution in [0.25, 0.3) is 0 Å². The molecule has 0 saturated carbocycles. The molecule has 0 fully saturated rings. The van der Waals surface area contributed by atoms with Crippen LogP contribution in [-0.4, -0.2) is 35.7 Å². The van der Waals surface area contributed by atoms with Crippen LogP contribution in [0.15, 0.2) is 64.2 Å². The van der Waals surface area contributed by atoms with Crippen LogP contribution >= 0.6 is 15.9 Å². The topological polar surface area (TPSA) is 59.0 Å². The molecule has 0 spiro atoms. The number of ether oxygens (including phenoxy) is 1. The molecular weight excluding hydrogens is 384 g/mol. The minimum Gasteiger partial charge on any atom is -0.455 e. The molecule has 2 aromatic rings. The van der Waals surface area contributed by atoms with Gasteiger partial charge in [-0.1, -0.05) is 58.4 Å². The average molecular weight is 401 g/mol. The van der Waals surface area contributed by atoms with Crippen LogP contribution in [-0.2, 0) is 20.7 Å². The van der Waals surface area contributed by atoms with E-state index in [2.05, 4.69) is 21.0 Å². The lowest BCUT2D eigenvalue weighted by Gasteiger charge is -2.11. The van der Waals surface area contributed by atoms with Crippen LogP contribution < -0.4 is 0 Å². The van der Waals surface area contributed by atoms with Crippen LogP contribution in [0.2, 0.25) is 0 Å². The molecule has 6 heteroatoms. The summed E-state index contributed by atoms with van der Waals surface area (Å²) >= 11 is 3.34. The third kappa shape index (κ3) is 4.76. The van der Waals surface area contributed by atoms with Gasteiger partial charge in [0.05, 0.1) is 18.7 Å². The van der Waals surface area contributed by atoms with E-state index in [9.17, 15) is 9.59 Å². The number of hydrogen-bond acceptors (Lipinski definition) is 4. The third-order valence-electron chi connectivity index (χ3n) is 3.82. The Hall–Kier alpha value is -2.47. The number of carbonyl (C=O) groups excluding carboxylic acids is 2. The molecule has 2 aromatic carbocycles. The Kier molecular flexibility index (Phi) is 5.60. The molecule has 0 N–H and O–H groups in total. The van der Waals surface area contributed by atoms with Crippen LogP contribution in [0.4, 0.5) is 0 Å². The van der Waals surface area contributed by atoms with E-state index in [-0.39, 0.29) is 18.9 Å². The number of esters is 1. The van der Waals surface area contributed by atoms with E-state index < -0.39 is 5.97 Å². The van der Waals surface area contributed by atoms with Gasteiger partial charge < -0.3 is 4.74 Å². The van der Waals surface area contributed by atoms with Crippen molar-refractivity contribution >= 4 is 33.5 Å². The van der Waals surface area contributed by atoms with Gasteiger partial charge in [0.25, 0.3) is 5.91 Å². The normalized spacial score (nSPS) is 13.5. The smallest absolute Gasteiger partial charge is 0.310 e. The molecule has 1 aliphatic heterocycles. The number of carbonyl (C=O) groups is 2. The number of nitrogens with zero attached hydrogens (tertiary/aromatic N) is 2. The molecule has 0 bridgehead atoms. The van der Waals surface area contributed by atoms with Crippen molar-refractivity contribution in [3.8, 4) is 0 Å². The fourth-order valence-corrected chi connectivity index (χ4v) is 2.77. The van der Waals surface area contributed by atoms with Gasteiger partial charge in [-0.25, -0.2) is 5.01 Å². The fraction of sp³-hybridized carbons (Fsp3) is 0.211. The summed E-state index contributed by atoms with van der Waals surface area (Å²) in [4.78, 5) is 24.0. The van der Waals surface area contributed by atoms with Gasteiger partial charge in [-0.2, -0.15) is 5.10 Å². The van der Waals surface area contributed by atoms with Crippen molar-refractivity contribution in [2.75, 3.05) is 13.2 Å². The maximum atomic E-state index is 12.2. The Labute approximate surface area is 154 Å². The molecule has 0 unspecified atom stereocenters. The molecule has 3 rings (SSSR count). The van der Waals surface area contributed by atoms with E-state index in [0.717, 1.165) is 21.3 Å². The van der Waals surface area contributed by atoms with Crippen LogP contribution in [0.5, 0.6) is 0 Å². The van der Waals surface area contributed by atoms with Crippen molar-refractivity contribution < 1.29 is 14.3 Å². The van der Waals surface area contributed by atoms with Crippen molar-refractivity contribution in [1.82, 2.24) is 5.01 Å². The second-order valence-electron chi connectivity index (χ2n) is 5.64. The predicted molar refractivity (Wildman–Crippen MR) is 98.1 cm³/mol. The molecule has 1 heterocycles. The quantitative estimate of drug-likeness (QED) is 0.724. The lowest BCUT2D eigenvalue weighted by molar-refractivity contribution is -0.151. The number of halogens is 1. The Morgan fingerprint density at radius 2 is 1.80 bits per heavy atom. The van der Waals surface area contributed by atoms with Crippen molar-refractivity contribution in [2.24, 2.45) is 5.10 Å². The SMILES string of the molecule is O=C(Cc1ccc(Br)cc1)OCC(=O)N1CCC(c2ccccc2)=N1. The van der Waals surface area contributed by atoms with Gasteiger partial charge in [0.2, 0.25) is 0 Å². The van der Waals surface area contributed by atoms with Crippen molar-refractivity contribution in [2.45, 2.75) is 12.8 Å². The molecular formula is C19H17BrN2O3. The first-order valence-corrected chi connectivity index (χ1v) is 8.74. The molecule has 128 valence electrons. The molecule has 0 aromatic heterocycles. The maximum absolute atomic E-state index is 12.2. The summed E-state index contributed by atoms with van der Waals surface area (Å²) in [6, 6.07) is 17.1. The van der Waals surface area contributed by atoms with Gasteiger partial charge in [0, 0.05) is 10.9 Å². The zero-order valence-corrected chi connectivity index (χ0v) is 15.1. The standard InChI is InChI=1S/C19H17BrN2O3/c20-16-8-6-14(7-9-16)12-19(24)25-13-18(23)22-11-10-17(21-22)15-4-2-1-3-5-15/h1-9H,10-13H2. The zero-order chi connectivity index (χ0) is 17.6. The summed E-state index contributed by atoms with van der Waals surface area (Å²) < 4.78 is 6.03. The summed E-state index contributed by atoms with van der Waals surface area (Å²) in [7, 11) is 0. The van der Waals surface area contributed by atoms with E-state index in [1.54, 1.807) is 0 Å². The highest BCUT2D eigenvalue weighted by atomic mass is 79.9. The molecule has 0 saturated heterocycles. The zero-order valence-electron chi connectivity index (χ0n) is 13.5. The molecule has 25 heavy (non-hydrogen) atoms. The van der Waals surface area contributed by atoms with Gasteiger partial charge >= 0.3 is 5.97 Å². The lowest BCUT2D eigenvalue weighted by Crippen LogP contribution is -2.29. The van der Waals surface area contributed by atoms with E-state index >= 15 is 0 Å². The highest BCUT2D eigenvalue weighted by Crippen LogP contribution is 2.14. The largest absolute Gasteiger partial charge is 0.455 e. The van der Waals surface area contributed by atoms with Crippen LogP contribution in [0.1, 0.15) is 17.5 Å². The molecule has 0 aliphatic carbocycles. The predicted octanol–water partition coefficient (Wildman–Crippen LogP) is 3.17. The second-order valence-corrected chi connectivity index (χ2v) is 6.56. The monoisotopic (exact) mass is 400 g/mol. The first-order chi connectivity index (χ1) is 12.1. The van der Waals surface area contributed by atoms with Crippen molar-refractivity contribution in [3.05, 3.63) is 70.2 Å². The average Bonchev–Trinajstić information content (AvgIpc) is 3.13. The fourth-order valence-electron chi connectivity index (χ4n) is 2.51. The molecule has 0 atom stereocenters. The van der Waals surface area contributed by atoms with Crippen molar-refractivity contribution in [1.29, 1.82) is 0 Å². The van der Waals surface area contributed by atoms with E-state index in [4.69, 9.17) is 4.74 Å². The number of hydrogen-bond donors (Lipinski definition) is 0. The minimum absolute atomic E-state index is 0.138. The van der Waals surface area contributed by atoms with Crippen LogP contribution in [0.3, 0.4) is 0 Å². The Balaban J connectivity index is 1.50. The summed E-state index contributed by atoms with van der Waals surface area (Å²) in [5.74, 6) is -0.739. The van der Waals surface area contributed by atoms with E-state index in [1.165, 1.54) is 5.01 Å². The molecule has 1 amide bonds. The number of hydrazone groups is 1. The first kappa shape index (κ1) is 17.4. The van der Waals surface area contributed by atoms with Gasteiger partial charge in [-0.15, -0.1) is 0 Å².